The largest absolute Gasteiger partial charge is 0.375 e. The van der Waals surface area contributed by atoms with Gasteiger partial charge in [-0.1, -0.05) is 54.1 Å². The number of nitrogens with zero attached hydrogens (tertiary/aromatic N) is 2. The number of nitrogens with two attached hydrogens (primary N) is 1. The smallest absolute Gasteiger partial charge is 0.242 e. The van der Waals surface area contributed by atoms with Gasteiger partial charge in [0.2, 0.25) is 5.91 Å². The lowest BCUT2D eigenvalue weighted by Crippen LogP contribution is -2.52. The number of rotatable bonds is 7. The first kappa shape index (κ1) is 22.3. The SMILES string of the molecule is CC(C)(C#N)[C@H]1CC[C@@H](c2cccc(Cl)c2)N1C(=O)[C@H](N)COCc1ccccc1. The highest BCUT2D eigenvalue weighted by Crippen LogP contribution is 2.43. The Labute approximate surface area is 183 Å². The van der Waals surface area contributed by atoms with E-state index in [9.17, 15) is 10.1 Å². The Morgan fingerprint density at radius 3 is 2.67 bits per heavy atom. The Morgan fingerprint density at radius 1 is 1.27 bits per heavy atom. The molecule has 1 aliphatic heterocycles. The molecule has 0 spiro atoms. The fourth-order valence-corrected chi connectivity index (χ4v) is 4.28. The van der Waals surface area contributed by atoms with E-state index in [0.717, 1.165) is 24.0 Å². The number of hydrogen-bond donors (Lipinski definition) is 1. The van der Waals surface area contributed by atoms with Gasteiger partial charge >= 0.3 is 0 Å². The molecule has 2 N–H and O–H groups in total. The van der Waals surface area contributed by atoms with E-state index in [-0.39, 0.29) is 24.6 Å². The third-order valence-corrected chi connectivity index (χ3v) is 5.96. The zero-order valence-electron chi connectivity index (χ0n) is 17.4. The summed E-state index contributed by atoms with van der Waals surface area (Å²) in [6.45, 7) is 4.25. The van der Waals surface area contributed by atoms with E-state index >= 15 is 0 Å². The van der Waals surface area contributed by atoms with Gasteiger partial charge in [-0.15, -0.1) is 0 Å². The predicted octanol–water partition coefficient (Wildman–Crippen LogP) is 4.47. The minimum Gasteiger partial charge on any atom is -0.375 e. The molecule has 158 valence electrons. The first-order chi connectivity index (χ1) is 14.3. The Bertz CT molecular complexity index is 910. The molecule has 1 heterocycles. The van der Waals surface area contributed by atoms with Gasteiger partial charge in [-0.3, -0.25) is 4.79 Å². The molecule has 0 aliphatic carbocycles. The maximum Gasteiger partial charge on any atom is 0.242 e. The molecular formula is C24H28ClN3O2. The molecule has 3 rings (SSSR count). The van der Waals surface area contributed by atoms with E-state index in [4.69, 9.17) is 22.1 Å². The van der Waals surface area contributed by atoms with Gasteiger partial charge in [-0.2, -0.15) is 5.26 Å². The van der Waals surface area contributed by atoms with Crippen LogP contribution in [0.1, 0.15) is 43.9 Å². The molecule has 0 radical (unpaired) electrons. The number of carbonyl (C=O) groups excluding carboxylic acids is 1. The van der Waals surface area contributed by atoms with Crippen molar-refractivity contribution in [1.82, 2.24) is 4.90 Å². The zero-order valence-corrected chi connectivity index (χ0v) is 18.2. The van der Waals surface area contributed by atoms with Crippen molar-refractivity contribution in [3.8, 4) is 6.07 Å². The average molecular weight is 426 g/mol. The van der Waals surface area contributed by atoms with Gasteiger partial charge in [0.1, 0.15) is 6.04 Å². The number of hydrogen-bond acceptors (Lipinski definition) is 4. The number of ether oxygens (including phenoxy) is 1. The average Bonchev–Trinajstić information content (AvgIpc) is 3.20. The second-order valence-corrected chi connectivity index (χ2v) is 8.79. The van der Waals surface area contributed by atoms with Crippen molar-refractivity contribution in [3.05, 3.63) is 70.7 Å². The summed E-state index contributed by atoms with van der Waals surface area (Å²) in [5.41, 5.74) is 7.56. The van der Waals surface area contributed by atoms with Crippen LogP contribution in [0.2, 0.25) is 5.02 Å². The normalized spacial score (nSPS) is 20.0. The van der Waals surface area contributed by atoms with Crippen LogP contribution in [-0.4, -0.2) is 29.5 Å². The molecule has 2 aromatic rings. The molecule has 5 nitrogen and oxygen atoms in total. The lowest BCUT2D eigenvalue weighted by Gasteiger charge is -2.37. The summed E-state index contributed by atoms with van der Waals surface area (Å²) in [5, 5.41) is 10.3. The van der Waals surface area contributed by atoms with E-state index in [1.807, 2.05) is 68.4 Å². The Morgan fingerprint density at radius 2 is 2.00 bits per heavy atom. The zero-order chi connectivity index (χ0) is 21.7. The van der Waals surface area contributed by atoms with Gasteiger partial charge in [-0.05, 0) is 49.9 Å². The van der Waals surface area contributed by atoms with Gasteiger partial charge in [-0.25, -0.2) is 0 Å². The van der Waals surface area contributed by atoms with Crippen LogP contribution in [0.15, 0.2) is 54.6 Å². The summed E-state index contributed by atoms with van der Waals surface area (Å²) in [5.74, 6) is -0.195. The number of benzene rings is 2. The van der Waals surface area contributed by atoms with Crippen LogP contribution in [-0.2, 0) is 16.1 Å². The molecule has 0 aromatic heterocycles. The van der Waals surface area contributed by atoms with Crippen molar-refractivity contribution >= 4 is 17.5 Å². The number of halogens is 1. The molecule has 30 heavy (non-hydrogen) atoms. The van der Waals surface area contributed by atoms with E-state index in [1.165, 1.54) is 0 Å². The molecule has 1 saturated heterocycles. The van der Waals surface area contributed by atoms with Crippen LogP contribution in [0.4, 0.5) is 0 Å². The molecule has 1 aliphatic rings. The second-order valence-electron chi connectivity index (χ2n) is 8.35. The third-order valence-electron chi connectivity index (χ3n) is 5.72. The van der Waals surface area contributed by atoms with Gasteiger partial charge < -0.3 is 15.4 Å². The number of nitriles is 1. The summed E-state index contributed by atoms with van der Waals surface area (Å²) in [4.78, 5) is 15.2. The molecule has 1 amide bonds. The number of likely N-dealkylation sites (tertiary alicyclic amines) is 1. The summed E-state index contributed by atoms with van der Waals surface area (Å²) in [6.07, 6.45) is 1.50. The lowest BCUT2D eigenvalue weighted by atomic mass is 9.84. The first-order valence-corrected chi connectivity index (χ1v) is 10.6. The highest BCUT2D eigenvalue weighted by Gasteiger charge is 2.46. The van der Waals surface area contributed by atoms with Crippen molar-refractivity contribution in [1.29, 1.82) is 5.26 Å². The quantitative estimate of drug-likeness (QED) is 0.709. The second kappa shape index (κ2) is 9.61. The van der Waals surface area contributed by atoms with Gasteiger partial charge in [0.25, 0.3) is 0 Å². The molecule has 6 heteroatoms. The predicted molar refractivity (Wildman–Crippen MR) is 118 cm³/mol. The molecule has 0 bridgehead atoms. The lowest BCUT2D eigenvalue weighted by molar-refractivity contribution is -0.139. The monoisotopic (exact) mass is 425 g/mol. The minimum atomic E-state index is -0.800. The molecule has 3 atom stereocenters. The van der Waals surface area contributed by atoms with E-state index in [1.54, 1.807) is 4.90 Å². The number of amides is 1. The maximum atomic E-state index is 13.4. The summed E-state index contributed by atoms with van der Waals surface area (Å²) in [7, 11) is 0. The maximum absolute atomic E-state index is 13.4. The first-order valence-electron chi connectivity index (χ1n) is 10.2. The van der Waals surface area contributed by atoms with E-state index in [2.05, 4.69) is 6.07 Å². The molecule has 1 fully saturated rings. The Hall–Kier alpha value is -2.39. The highest BCUT2D eigenvalue weighted by atomic mass is 35.5. The topological polar surface area (TPSA) is 79.4 Å². The fourth-order valence-electron chi connectivity index (χ4n) is 4.08. The van der Waals surface area contributed by atoms with E-state index in [0.29, 0.717) is 11.6 Å². The van der Waals surface area contributed by atoms with Crippen molar-refractivity contribution in [3.63, 3.8) is 0 Å². The molecule has 0 unspecified atom stereocenters. The Balaban J connectivity index is 1.77. The summed E-state index contributed by atoms with van der Waals surface area (Å²) >= 11 is 6.19. The minimum absolute atomic E-state index is 0.117. The van der Waals surface area contributed by atoms with Crippen molar-refractivity contribution in [2.24, 2.45) is 11.1 Å². The van der Waals surface area contributed by atoms with Gasteiger partial charge in [0.15, 0.2) is 0 Å². The molecular weight excluding hydrogens is 398 g/mol. The Kier molecular flexibility index (Phi) is 7.14. The van der Waals surface area contributed by atoms with Crippen molar-refractivity contribution < 1.29 is 9.53 Å². The molecule has 0 saturated carbocycles. The fraction of sp³-hybridized carbons (Fsp3) is 0.417. The van der Waals surface area contributed by atoms with Crippen LogP contribution < -0.4 is 5.73 Å². The van der Waals surface area contributed by atoms with Crippen LogP contribution >= 0.6 is 11.6 Å². The summed E-state index contributed by atoms with van der Waals surface area (Å²) in [6, 6.07) is 18.5. The van der Waals surface area contributed by atoms with Crippen LogP contribution in [0, 0.1) is 16.7 Å². The van der Waals surface area contributed by atoms with Crippen molar-refractivity contribution in [2.45, 2.75) is 51.4 Å². The summed E-state index contributed by atoms with van der Waals surface area (Å²) < 4.78 is 5.71. The van der Waals surface area contributed by atoms with Crippen molar-refractivity contribution in [2.75, 3.05) is 6.61 Å². The van der Waals surface area contributed by atoms with Crippen LogP contribution in [0.3, 0.4) is 0 Å². The molecule has 2 aromatic carbocycles. The number of carbonyl (C=O) groups is 1. The standard InChI is InChI=1S/C24H28ClN3O2/c1-24(2,16-26)22-12-11-21(18-9-6-10-19(25)13-18)28(22)23(29)20(27)15-30-14-17-7-4-3-5-8-17/h3-10,13,20-22H,11-12,14-15,27H2,1-2H3/t20-,21+,22-/m1/s1. The van der Waals surface area contributed by atoms with Gasteiger partial charge in [0, 0.05) is 5.02 Å². The van der Waals surface area contributed by atoms with Crippen LogP contribution in [0.25, 0.3) is 0 Å². The van der Waals surface area contributed by atoms with Crippen LogP contribution in [0.5, 0.6) is 0 Å². The third kappa shape index (κ3) is 5.02. The van der Waals surface area contributed by atoms with Gasteiger partial charge in [0.05, 0.1) is 36.8 Å². The highest BCUT2D eigenvalue weighted by molar-refractivity contribution is 6.30. The van der Waals surface area contributed by atoms with E-state index < -0.39 is 11.5 Å².